The van der Waals surface area contributed by atoms with Crippen LogP contribution < -0.4 is 16.0 Å². The van der Waals surface area contributed by atoms with Crippen LogP contribution in [0.2, 0.25) is 0 Å². The highest BCUT2D eigenvalue weighted by atomic mass is 16.7. The number of carbonyl (C=O) groups excluding carboxylic acids is 6. The van der Waals surface area contributed by atoms with Crippen LogP contribution in [0.3, 0.4) is 0 Å². The Labute approximate surface area is 261 Å². The number of azide groups is 1. The van der Waals surface area contributed by atoms with E-state index >= 15 is 0 Å². The fourth-order valence-electron chi connectivity index (χ4n) is 4.16. The van der Waals surface area contributed by atoms with E-state index in [1.807, 2.05) is 0 Å². The number of hydrogen-bond donors (Lipinski definition) is 3. The number of esters is 3. The number of rotatable bonds is 21. The van der Waals surface area contributed by atoms with Crippen LogP contribution in [0.15, 0.2) is 5.11 Å². The van der Waals surface area contributed by atoms with Crippen molar-refractivity contribution in [3.05, 3.63) is 10.4 Å². The second-order valence-corrected chi connectivity index (χ2v) is 9.92. The first kappa shape index (κ1) is 39.0. The zero-order valence-corrected chi connectivity index (χ0v) is 26.1. The van der Waals surface area contributed by atoms with Gasteiger partial charge in [-0.1, -0.05) is 5.11 Å². The zero-order valence-electron chi connectivity index (χ0n) is 26.1. The molecule has 0 aliphatic carbocycles. The molecule has 18 heteroatoms. The molecule has 0 saturated carbocycles. The molecule has 3 N–H and O–H groups in total. The number of amides is 3. The molecule has 0 aromatic carbocycles. The minimum absolute atomic E-state index is 0.0978. The molecule has 1 fully saturated rings. The van der Waals surface area contributed by atoms with Crippen molar-refractivity contribution in [2.75, 3.05) is 46.1 Å². The summed E-state index contributed by atoms with van der Waals surface area (Å²) in [7, 11) is 0. The maximum absolute atomic E-state index is 12.2. The molecule has 1 aliphatic rings. The van der Waals surface area contributed by atoms with Gasteiger partial charge in [-0.15, -0.1) is 0 Å². The Kier molecular flexibility index (Phi) is 19.5. The molecule has 5 atom stereocenters. The number of nitrogens with one attached hydrogen (secondary N) is 3. The third-order valence-electron chi connectivity index (χ3n) is 6.02. The van der Waals surface area contributed by atoms with Crippen LogP contribution in [0.5, 0.6) is 0 Å². The van der Waals surface area contributed by atoms with E-state index < -0.39 is 54.5 Å². The van der Waals surface area contributed by atoms with E-state index in [0.29, 0.717) is 32.4 Å². The summed E-state index contributed by atoms with van der Waals surface area (Å²) >= 11 is 0. The Balaban J connectivity index is 2.52. The lowest BCUT2D eigenvalue weighted by molar-refractivity contribution is -0.277. The van der Waals surface area contributed by atoms with Crippen molar-refractivity contribution < 1.29 is 57.2 Å². The second-order valence-electron chi connectivity index (χ2n) is 9.92. The summed E-state index contributed by atoms with van der Waals surface area (Å²) in [5.74, 6) is -2.89. The molecule has 1 aliphatic heterocycles. The van der Waals surface area contributed by atoms with Crippen LogP contribution in [0.4, 0.5) is 0 Å². The molecular formula is C27H44N6O12. The van der Waals surface area contributed by atoms with Crippen molar-refractivity contribution in [3.8, 4) is 0 Å². The van der Waals surface area contributed by atoms with Crippen LogP contribution in [0.1, 0.15) is 59.8 Å². The summed E-state index contributed by atoms with van der Waals surface area (Å²) in [4.78, 5) is 73.7. The van der Waals surface area contributed by atoms with Crippen LogP contribution in [0.25, 0.3) is 10.4 Å². The molecular weight excluding hydrogens is 600 g/mol. The van der Waals surface area contributed by atoms with Crippen molar-refractivity contribution >= 4 is 35.6 Å². The molecule has 1 rings (SSSR count). The predicted octanol–water partition coefficient (Wildman–Crippen LogP) is 0.169. The summed E-state index contributed by atoms with van der Waals surface area (Å²) in [5, 5.41) is 11.4. The highest BCUT2D eigenvalue weighted by molar-refractivity contribution is 5.76. The first-order valence-corrected chi connectivity index (χ1v) is 14.6. The van der Waals surface area contributed by atoms with Gasteiger partial charge in [0.25, 0.3) is 0 Å². The number of hydrogen-bond acceptors (Lipinski definition) is 13. The van der Waals surface area contributed by atoms with Crippen molar-refractivity contribution in [1.82, 2.24) is 16.0 Å². The average Bonchev–Trinajstić information content (AvgIpc) is 2.95. The molecule has 18 nitrogen and oxygen atoms in total. The standard InChI is InChI=1S/C27H44N6O12/c1-17(34)32-24-26(44-20(4)37)25(43-19(3)36)21(16-42-18(2)35)45-27(24)41-13-6-5-8-22(38)29-10-7-11-30-23(39)9-14-40-15-12-31-33-28/h21,24-27H,5-16H2,1-4H3,(H,29,38)(H,30,39)(H,32,34)/t21-,24-,25+,26-,27-/m1/s1. The zero-order chi connectivity index (χ0) is 33.6. The van der Waals surface area contributed by atoms with Gasteiger partial charge in [0.1, 0.15) is 18.8 Å². The van der Waals surface area contributed by atoms with Crippen molar-refractivity contribution in [1.29, 1.82) is 0 Å². The Morgan fingerprint density at radius 1 is 0.800 bits per heavy atom. The smallest absolute Gasteiger partial charge is 0.303 e. The largest absolute Gasteiger partial charge is 0.463 e. The van der Waals surface area contributed by atoms with Gasteiger partial charge in [-0.05, 0) is 24.8 Å². The van der Waals surface area contributed by atoms with Gasteiger partial charge in [-0.2, -0.15) is 0 Å². The van der Waals surface area contributed by atoms with Crippen LogP contribution in [-0.2, 0) is 57.2 Å². The molecule has 1 heterocycles. The van der Waals surface area contributed by atoms with Gasteiger partial charge in [0.2, 0.25) is 17.7 Å². The fourth-order valence-corrected chi connectivity index (χ4v) is 4.16. The summed E-state index contributed by atoms with van der Waals surface area (Å²) in [5.41, 5.74) is 8.17. The summed E-state index contributed by atoms with van der Waals surface area (Å²) in [6.07, 6.45) is -2.86. The van der Waals surface area contributed by atoms with Gasteiger partial charge in [-0.25, -0.2) is 0 Å². The normalized spacial score (nSPS) is 20.6. The fraction of sp³-hybridized carbons (Fsp3) is 0.778. The topological polar surface area (TPSA) is 243 Å². The van der Waals surface area contributed by atoms with Crippen molar-refractivity contribution in [2.24, 2.45) is 5.11 Å². The van der Waals surface area contributed by atoms with E-state index in [2.05, 4.69) is 26.0 Å². The Morgan fingerprint density at radius 3 is 2.04 bits per heavy atom. The van der Waals surface area contributed by atoms with E-state index in [9.17, 15) is 28.8 Å². The maximum Gasteiger partial charge on any atom is 0.303 e. The number of unbranched alkanes of at least 4 members (excludes halogenated alkanes) is 1. The highest BCUT2D eigenvalue weighted by Crippen LogP contribution is 2.28. The van der Waals surface area contributed by atoms with Gasteiger partial charge >= 0.3 is 17.9 Å². The minimum Gasteiger partial charge on any atom is -0.463 e. The first-order chi connectivity index (χ1) is 21.4. The molecule has 3 amide bonds. The molecule has 0 unspecified atom stereocenters. The Morgan fingerprint density at radius 2 is 1.44 bits per heavy atom. The number of carbonyl (C=O) groups is 6. The van der Waals surface area contributed by atoms with Crippen LogP contribution in [-0.4, -0.2) is 112 Å². The van der Waals surface area contributed by atoms with Gasteiger partial charge < -0.3 is 44.4 Å². The summed E-state index contributed by atoms with van der Waals surface area (Å²) in [6.45, 7) is 5.91. The monoisotopic (exact) mass is 644 g/mol. The molecule has 0 radical (unpaired) electrons. The predicted molar refractivity (Wildman–Crippen MR) is 154 cm³/mol. The lowest BCUT2D eigenvalue weighted by atomic mass is 9.96. The van der Waals surface area contributed by atoms with E-state index in [4.69, 9.17) is 34.0 Å². The Hall–Kier alpha value is -3.99. The first-order valence-electron chi connectivity index (χ1n) is 14.6. The minimum atomic E-state index is -1.21. The molecule has 1 saturated heterocycles. The van der Waals surface area contributed by atoms with Gasteiger partial charge in [-0.3, -0.25) is 28.8 Å². The number of ether oxygens (including phenoxy) is 6. The van der Waals surface area contributed by atoms with E-state index in [-0.39, 0.29) is 57.6 Å². The lowest BCUT2D eigenvalue weighted by Gasteiger charge is -2.44. The molecule has 0 aromatic rings. The lowest BCUT2D eigenvalue weighted by Crippen LogP contribution is -2.66. The second kappa shape index (κ2) is 22.5. The molecule has 0 aromatic heterocycles. The average molecular weight is 645 g/mol. The highest BCUT2D eigenvalue weighted by Gasteiger charge is 2.51. The third kappa shape index (κ3) is 17.8. The van der Waals surface area contributed by atoms with Crippen LogP contribution >= 0.6 is 0 Å². The summed E-state index contributed by atoms with van der Waals surface area (Å²) < 4.78 is 32.8. The quantitative estimate of drug-likeness (QED) is 0.0378. The number of nitrogens with zero attached hydrogens (tertiary/aromatic N) is 3. The van der Waals surface area contributed by atoms with E-state index in [1.54, 1.807) is 0 Å². The van der Waals surface area contributed by atoms with Crippen molar-refractivity contribution in [3.63, 3.8) is 0 Å². The SMILES string of the molecule is CC(=O)N[C@H]1[C@H](OCCCCC(=O)NCCCNC(=O)CCOCCN=[N+]=[N-])O[C@H](COC(C)=O)[C@H](OC(C)=O)[C@@H]1OC(C)=O. The third-order valence-corrected chi connectivity index (χ3v) is 6.02. The van der Waals surface area contributed by atoms with Gasteiger partial charge in [0.15, 0.2) is 18.5 Å². The van der Waals surface area contributed by atoms with Crippen LogP contribution in [0, 0.1) is 0 Å². The summed E-state index contributed by atoms with van der Waals surface area (Å²) in [6, 6.07) is -1.07. The molecule has 45 heavy (non-hydrogen) atoms. The molecule has 0 bridgehead atoms. The Bertz CT molecular complexity index is 1040. The van der Waals surface area contributed by atoms with Gasteiger partial charge in [0.05, 0.1) is 13.2 Å². The maximum atomic E-state index is 12.2. The van der Waals surface area contributed by atoms with E-state index in [1.165, 1.54) is 13.8 Å². The van der Waals surface area contributed by atoms with Crippen molar-refractivity contribution in [2.45, 2.75) is 90.4 Å². The van der Waals surface area contributed by atoms with E-state index in [0.717, 1.165) is 13.8 Å². The molecule has 254 valence electrons. The molecule has 0 spiro atoms. The van der Waals surface area contributed by atoms with Gasteiger partial charge in [0, 0.05) is 71.7 Å².